The van der Waals surface area contributed by atoms with E-state index in [2.05, 4.69) is 14.9 Å². The third kappa shape index (κ3) is 4.12. The third-order valence-electron chi connectivity index (χ3n) is 4.86. The monoisotopic (exact) mass is 352 g/mol. The van der Waals surface area contributed by atoms with Crippen LogP contribution in [0.25, 0.3) is 0 Å². The molecule has 2 aliphatic rings. The summed E-state index contributed by atoms with van der Waals surface area (Å²) in [4.78, 5) is 25.4. The summed E-state index contributed by atoms with van der Waals surface area (Å²) in [5.41, 5.74) is 1.11. The molecule has 0 bridgehead atoms. The van der Waals surface area contributed by atoms with Gasteiger partial charge >= 0.3 is 0 Å². The second-order valence-electron chi connectivity index (χ2n) is 6.91. The molecule has 0 N–H and O–H groups in total. The van der Waals surface area contributed by atoms with E-state index in [-0.39, 0.29) is 5.92 Å². The Bertz CT molecular complexity index is 748. The first-order valence-electron chi connectivity index (χ1n) is 9.33. The largest absolute Gasteiger partial charge is 0.473 e. The molecular formula is C20H24N4O2. The van der Waals surface area contributed by atoms with Crippen LogP contribution in [0.15, 0.2) is 42.6 Å². The molecule has 136 valence electrons. The summed E-state index contributed by atoms with van der Waals surface area (Å²) in [6.07, 6.45) is 4.80. The van der Waals surface area contributed by atoms with Crippen LogP contribution < -0.4 is 9.64 Å². The van der Waals surface area contributed by atoms with Gasteiger partial charge in [0, 0.05) is 44.4 Å². The van der Waals surface area contributed by atoms with E-state index in [1.54, 1.807) is 12.3 Å². The zero-order valence-corrected chi connectivity index (χ0v) is 14.9. The maximum atomic E-state index is 12.3. The lowest BCUT2D eigenvalue weighted by molar-refractivity contribution is -0.132. The van der Waals surface area contributed by atoms with Crippen molar-refractivity contribution < 1.29 is 9.53 Å². The highest BCUT2D eigenvalue weighted by Crippen LogP contribution is 2.31. The van der Waals surface area contributed by atoms with Gasteiger partial charge in [0.05, 0.1) is 0 Å². The average molecular weight is 352 g/mol. The molecule has 26 heavy (non-hydrogen) atoms. The number of carbonyl (C=O) groups excluding carboxylic acids is 1. The van der Waals surface area contributed by atoms with Crippen LogP contribution in [-0.2, 0) is 11.4 Å². The molecule has 1 saturated heterocycles. The number of ether oxygens (including phenoxy) is 1. The molecule has 2 heterocycles. The number of benzene rings is 1. The SMILES string of the molecule is O=C(C1CC1)N1CCCN(c2nccc(OCc3ccccc3)n2)CC1. The molecular weight excluding hydrogens is 328 g/mol. The Morgan fingerprint density at radius 3 is 2.73 bits per heavy atom. The van der Waals surface area contributed by atoms with Crippen molar-refractivity contribution in [1.82, 2.24) is 14.9 Å². The number of anilines is 1. The summed E-state index contributed by atoms with van der Waals surface area (Å²) in [6, 6.07) is 11.8. The Hall–Kier alpha value is -2.63. The molecule has 4 rings (SSSR count). The van der Waals surface area contributed by atoms with Gasteiger partial charge in [0.25, 0.3) is 0 Å². The van der Waals surface area contributed by atoms with E-state index >= 15 is 0 Å². The molecule has 1 aromatic carbocycles. The first-order chi connectivity index (χ1) is 12.8. The molecule has 0 unspecified atom stereocenters. The molecule has 1 aromatic heterocycles. The van der Waals surface area contributed by atoms with Crippen molar-refractivity contribution in [2.24, 2.45) is 5.92 Å². The lowest BCUT2D eigenvalue weighted by Crippen LogP contribution is -2.36. The lowest BCUT2D eigenvalue weighted by atomic mass is 10.2. The van der Waals surface area contributed by atoms with Gasteiger partial charge < -0.3 is 14.5 Å². The number of rotatable bonds is 5. The predicted octanol–water partition coefficient (Wildman–Crippen LogP) is 2.50. The second kappa shape index (κ2) is 7.72. The Kier molecular flexibility index (Phi) is 5.00. The molecule has 1 saturated carbocycles. The van der Waals surface area contributed by atoms with E-state index in [0.29, 0.717) is 24.3 Å². The van der Waals surface area contributed by atoms with E-state index in [9.17, 15) is 4.79 Å². The Morgan fingerprint density at radius 2 is 1.92 bits per heavy atom. The number of nitrogens with zero attached hydrogens (tertiary/aromatic N) is 4. The summed E-state index contributed by atoms with van der Waals surface area (Å²) in [6.45, 7) is 3.68. The van der Waals surface area contributed by atoms with Crippen LogP contribution in [0.5, 0.6) is 5.88 Å². The normalized spacial score (nSPS) is 17.7. The average Bonchev–Trinajstić information content (AvgIpc) is 3.53. The van der Waals surface area contributed by atoms with Gasteiger partial charge in [-0.2, -0.15) is 4.98 Å². The van der Waals surface area contributed by atoms with Gasteiger partial charge in [-0.25, -0.2) is 4.98 Å². The van der Waals surface area contributed by atoms with Crippen LogP contribution in [0, 0.1) is 5.92 Å². The van der Waals surface area contributed by atoms with Crippen molar-refractivity contribution in [1.29, 1.82) is 0 Å². The van der Waals surface area contributed by atoms with Gasteiger partial charge in [-0.1, -0.05) is 30.3 Å². The lowest BCUT2D eigenvalue weighted by Gasteiger charge is -2.22. The summed E-state index contributed by atoms with van der Waals surface area (Å²) < 4.78 is 5.81. The minimum Gasteiger partial charge on any atom is -0.473 e. The van der Waals surface area contributed by atoms with Crippen molar-refractivity contribution >= 4 is 11.9 Å². The molecule has 2 fully saturated rings. The third-order valence-corrected chi connectivity index (χ3v) is 4.86. The smallest absolute Gasteiger partial charge is 0.228 e. The van der Waals surface area contributed by atoms with Crippen LogP contribution in [0.4, 0.5) is 5.95 Å². The highest BCUT2D eigenvalue weighted by molar-refractivity contribution is 5.81. The Balaban J connectivity index is 1.37. The quantitative estimate of drug-likeness (QED) is 0.827. The van der Waals surface area contributed by atoms with Crippen molar-refractivity contribution in [3.8, 4) is 5.88 Å². The molecule has 0 atom stereocenters. The number of hydrogen-bond donors (Lipinski definition) is 0. The van der Waals surface area contributed by atoms with Crippen LogP contribution in [0.2, 0.25) is 0 Å². The zero-order chi connectivity index (χ0) is 17.8. The van der Waals surface area contributed by atoms with Crippen molar-refractivity contribution in [3.63, 3.8) is 0 Å². The van der Waals surface area contributed by atoms with Crippen molar-refractivity contribution in [2.45, 2.75) is 25.9 Å². The van der Waals surface area contributed by atoms with Gasteiger partial charge in [-0.05, 0) is 24.8 Å². The van der Waals surface area contributed by atoms with E-state index in [0.717, 1.165) is 51.0 Å². The summed E-state index contributed by atoms with van der Waals surface area (Å²) in [7, 11) is 0. The van der Waals surface area contributed by atoms with Gasteiger partial charge in [0.2, 0.25) is 17.7 Å². The summed E-state index contributed by atoms with van der Waals surface area (Å²) >= 11 is 0. The van der Waals surface area contributed by atoms with Gasteiger partial charge in [-0.15, -0.1) is 0 Å². The number of aromatic nitrogens is 2. The van der Waals surface area contributed by atoms with Crippen LogP contribution in [0.1, 0.15) is 24.8 Å². The first-order valence-corrected chi connectivity index (χ1v) is 9.33. The molecule has 1 aliphatic carbocycles. The number of hydrogen-bond acceptors (Lipinski definition) is 5. The minimum absolute atomic E-state index is 0.285. The van der Waals surface area contributed by atoms with E-state index < -0.39 is 0 Å². The fourth-order valence-corrected chi connectivity index (χ4v) is 3.22. The fourth-order valence-electron chi connectivity index (χ4n) is 3.22. The van der Waals surface area contributed by atoms with Gasteiger partial charge in [-0.3, -0.25) is 4.79 Å². The zero-order valence-electron chi connectivity index (χ0n) is 14.9. The van der Waals surface area contributed by atoms with Crippen LogP contribution in [0.3, 0.4) is 0 Å². The van der Waals surface area contributed by atoms with E-state index in [1.165, 1.54) is 0 Å². The van der Waals surface area contributed by atoms with Gasteiger partial charge in [0.1, 0.15) is 6.61 Å². The highest BCUT2D eigenvalue weighted by atomic mass is 16.5. The standard InChI is InChI=1S/C20H24N4O2/c25-19(17-7-8-17)23-11-4-12-24(14-13-23)20-21-10-9-18(22-20)26-15-16-5-2-1-3-6-16/h1-3,5-6,9-10,17H,4,7-8,11-15H2. The molecule has 6 heteroatoms. The molecule has 2 aromatic rings. The maximum Gasteiger partial charge on any atom is 0.228 e. The molecule has 6 nitrogen and oxygen atoms in total. The van der Waals surface area contributed by atoms with E-state index in [4.69, 9.17) is 4.74 Å². The highest BCUT2D eigenvalue weighted by Gasteiger charge is 2.34. The maximum absolute atomic E-state index is 12.3. The van der Waals surface area contributed by atoms with Gasteiger partial charge in [0.15, 0.2) is 0 Å². The number of carbonyl (C=O) groups is 1. The fraction of sp³-hybridized carbons (Fsp3) is 0.450. The topological polar surface area (TPSA) is 58.6 Å². The molecule has 0 spiro atoms. The summed E-state index contributed by atoms with van der Waals surface area (Å²) in [5.74, 6) is 1.87. The minimum atomic E-state index is 0.285. The Morgan fingerprint density at radius 1 is 1.08 bits per heavy atom. The predicted molar refractivity (Wildman–Crippen MR) is 98.9 cm³/mol. The van der Waals surface area contributed by atoms with E-state index in [1.807, 2.05) is 35.2 Å². The van der Waals surface area contributed by atoms with Crippen LogP contribution in [-0.4, -0.2) is 47.0 Å². The summed E-state index contributed by atoms with van der Waals surface area (Å²) in [5, 5.41) is 0. The van der Waals surface area contributed by atoms with Crippen molar-refractivity contribution in [3.05, 3.63) is 48.2 Å². The second-order valence-corrected chi connectivity index (χ2v) is 6.91. The molecule has 1 aliphatic heterocycles. The van der Waals surface area contributed by atoms with Crippen molar-refractivity contribution in [2.75, 3.05) is 31.1 Å². The van der Waals surface area contributed by atoms with Crippen LogP contribution >= 0.6 is 0 Å². The first kappa shape index (κ1) is 16.8. The number of amides is 1. The molecule has 0 radical (unpaired) electrons. The molecule has 1 amide bonds. The Labute approximate surface area is 153 Å².